The molecule has 2 fully saturated rings. The Kier molecular flexibility index (Phi) is 4.23. The van der Waals surface area contributed by atoms with Crippen LogP contribution in [0.15, 0.2) is 0 Å². The second-order valence-corrected chi connectivity index (χ2v) is 4.99. The molecule has 2 rings (SSSR count). The van der Waals surface area contributed by atoms with Crippen LogP contribution in [0.3, 0.4) is 0 Å². The van der Waals surface area contributed by atoms with Gasteiger partial charge in [0.05, 0.1) is 0 Å². The fraction of sp³-hybridized carbons (Fsp3) is 0.833. The first kappa shape index (κ1) is 12.2. The molecule has 1 heterocycles. The van der Waals surface area contributed by atoms with Crippen LogP contribution in [0.4, 0.5) is 4.79 Å². The highest BCUT2D eigenvalue weighted by molar-refractivity contribution is 5.78. The van der Waals surface area contributed by atoms with Crippen molar-refractivity contribution in [3.63, 3.8) is 0 Å². The van der Waals surface area contributed by atoms with E-state index < -0.39 is 0 Å². The van der Waals surface area contributed by atoms with Crippen molar-refractivity contribution in [1.82, 2.24) is 16.0 Å². The molecule has 1 aliphatic heterocycles. The van der Waals surface area contributed by atoms with Crippen LogP contribution in [-0.4, -0.2) is 30.6 Å². The van der Waals surface area contributed by atoms with Crippen LogP contribution in [0.25, 0.3) is 0 Å². The molecule has 0 unspecified atom stereocenters. The summed E-state index contributed by atoms with van der Waals surface area (Å²) >= 11 is 0. The highest BCUT2D eigenvalue weighted by Gasteiger charge is 2.21. The summed E-state index contributed by atoms with van der Waals surface area (Å²) in [5.74, 6) is 0.0794. The fourth-order valence-corrected chi connectivity index (χ4v) is 2.52. The van der Waals surface area contributed by atoms with Gasteiger partial charge in [-0.3, -0.25) is 4.79 Å². The van der Waals surface area contributed by atoms with Gasteiger partial charge in [-0.25, -0.2) is 4.79 Å². The number of carbonyl (C=O) groups excluding carboxylic acids is 2. The zero-order valence-corrected chi connectivity index (χ0v) is 10.1. The number of amides is 3. The predicted octanol–water partition coefficient (Wildman–Crippen LogP) is 0.897. The average Bonchev–Trinajstić information content (AvgIpc) is 2.33. The Hall–Kier alpha value is -1.26. The third-order valence-electron chi connectivity index (χ3n) is 3.54. The van der Waals surface area contributed by atoms with E-state index >= 15 is 0 Å². The SMILES string of the molecule is O=C1CC[C@@H](NC(=O)NC2CCCCC2)CN1. The second-order valence-electron chi connectivity index (χ2n) is 4.99. The largest absolute Gasteiger partial charge is 0.354 e. The molecule has 3 amide bonds. The molecule has 0 radical (unpaired) electrons. The van der Waals surface area contributed by atoms with E-state index in [9.17, 15) is 9.59 Å². The maximum Gasteiger partial charge on any atom is 0.315 e. The topological polar surface area (TPSA) is 70.2 Å². The lowest BCUT2D eigenvalue weighted by Gasteiger charge is -2.27. The number of hydrogen-bond acceptors (Lipinski definition) is 2. The summed E-state index contributed by atoms with van der Waals surface area (Å²) in [6, 6.07) is 0.330. The van der Waals surface area contributed by atoms with Gasteiger partial charge in [0.25, 0.3) is 0 Å². The first-order chi connectivity index (χ1) is 8.24. The van der Waals surface area contributed by atoms with Crippen molar-refractivity contribution in [1.29, 1.82) is 0 Å². The Bertz CT molecular complexity index is 277. The lowest BCUT2D eigenvalue weighted by molar-refractivity contribution is -0.122. The zero-order chi connectivity index (χ0) is 12.1. The van der Waals surface area contributed by atoms with Crippen molar-refractivity contribution in [2.45, 2.75) is 57.0 Å². The molecule has 1 saturated heterocycles. The van der Waals surface area contributed by atoms with E-state index in [1.807, 2.05) is 0 Å². The molecule has 0 bridgehead atoms. The Morgan fingerprint density at radius 2 is 1.76 bits per heavy atom. The maximum absolute atomic E-state index is 11.7. The van der Waals surface area contributed by atoms with Crippen LogP contribution in [0, 0.1) is 0 Å². The van der Waals surface area contributed by atoms with E-state index in [1.165, 1.54) is 19.3 Å². The molecule has 1 aliphatic carbocycles. The lowest BCUT2D eigenvalue weighted by atomic mass is 9.96. The molecule has 1 atom stereocenters. The summed E-state index contributed by atoms with van der Waals surface area (Å²) in [6.07, 6.45) is 7.14. The van der Waals surface area contributed by atoms with E-state index in [0.717, 1.165) is 19.3 Å². The normalized spacial score (nSPS) is 26.1. The van der Waals surface area contributed by atoms with Gasteiger partial charge in [0.1, 0.15) is 0 Å². The minimum atomic E-state index is -0.0851. The van der Waals surface area contributed by atoms with Gasteiger partial charge in [-0.2, -0.15) is 0 Å². The number of nitrogens with one attached hydrogen (secondary N) is 3. The maximum atomic E-state index is 11.7. The summed E-state index contributed by atoms with van der Waals surface area (Å²) < 4.78 is 0. The van der Waals surface area contributed by atoms with Gasteiger partial charge < -0.3 is 16.0 Å². The third-order valence-corrected chi connectivity index (χ3v) is 3.54. The van der Waals surface area contributed by atoms with E-state index in [0.29, 0.717) is 19.0 Å². The Morgan fingerprint density at radius 3 is 2.41 bits per heavy atom. The minimum absolute atomic E-state index is 0.0794. The van der Waals surface area contributed by atoms with Gasteiger partial charge in [-0.15, -0.1) is 0 Å². The van der Waals surface area contributed by atoms with Crippen molar-refractivity contribution in [3.8, 4) is 0 Å². The van der Waals surface area contributed by atoms with E-state index in [-0.39, 0.29) is 18.0 Å². The number of carbonyl (C=O) groups is 2. The van der Waals surface area contributed by atoms with Crippen molar-refractivity contribution >= 4 is 11.9 Å². The molecule has 0 aromatic carbocycles. The van der Waals surface area contributed by atoms with Crippen LogP contribution in [0.5, 0.6) is 0 Å². The van der Waals surface area contributed by atoms with Gasteiger partial charge in [-0.1, -0.05) is 19.3 Å². The van der Waals surface area contributed by atoms with Crippen LogP contribution < -0.4 is 16.0 Å². The summed E-state index contributed by atoms with van der Waals surface area (Å²) in [5.41, 5.74) is 0. The standard InChI is InChI=1S/C12H21N3O2/c16-11-7-6-10(8-13-11)15-12(17)14-9-4-2-1-3-5-9/h9-10H,1-8H2,(H,13,16)(H2,14,15,17)/t10-/m1/s1. The summed E-state index contributed by atoms with van der Waals surface area (Å²) in [4.78, 5) is 22.7. The van der Waals surface area contributed by atoms with Crippen molar-refractivity contribution in [2.24, 2.45) is 0 Å². The van der Waals surface area contributed by atoms with Crippen LogP contribution in [0.2, 0.25) is 0 Å². The smallest absolute Gasteiger partial charge is 0.315 e. The molecule has 96 valence electrons. The highest BCUT2D eigenvalue weighted by Crippen LogP contribution is 2.17. The van der Waals surface area contributed by atoms with Crippen molar-refractivity contribution < 1.29 is 9.59 Å². The first-order valence-corrected chi connectivity index (χ1v) is 6.58. The molecule has 0 aromatic rings. The summed E-state index contributed by atoms with van der Waals surface area (Å²) in [6.45, 7) is 0.552. The van der Waals surface area contributed by atoms with E-state index in [2.05, 4.69) is 16.0 Å². The molecule has 2 aliphatic rings. The van der Waals surface area contributed by atoms with Crippen LogP contribution in [-0.2, 0) is 4.79 Å². The molecule has 17 heavy (non-hydrogen) atoms. The summed E-state index contributed by atoms with van der Waals surface area (Å²) in [5, 5.41) is 8.70. The number of hydrogen-bond donors (Lipinski definition) is 3. The van der Waals surface area contributed by atoms with Gasteiger partial charge in [0.2, 0.25) is 5.91 Å². The Labute approximate surface area is 102 Å². The molecular weight excluding hydrogens is 218 g/mol. The van der Waals surface area contributed by atoms with Crippen LogP contribution >= 0.6 is 0 Å². The van der Waals surface area contributed by atoms with E-state index in [4.69, 9.17) is 0 Å². The number of rotatable bonds is 2. The quantitative estimate of drug-likeness (QED) is 0.670. The van der Waals surface area contributed by atoms with Gasteiger partial charge in [0, 0.05) is 25.0 Å². The van der Waals surface area contributed by atoms with Gasteiger partial charge in [0.15, 0.2) is 0 Å². The highest BCUT2D eigenvalue weighted by atomic mass is 16.2. The molecule has 3 N–H and O–H groups in total. The molecule has 5 nitrogen and oxygen atoms in total. The van der Waals surface area contributed by atoms with Gasteiger partial charge in [-0.05, 0) is 19.3 Å². The molecule has 0 spiro atoms. The summed E-state index contributed by atoms with van der Waals surface area (Å²) in [7, 11) is 0. The number of urea groups is 1. The van der Waals surface area contributed by atoms with Crippen molar-refractivity contribution in [2.75, 3.05) is 6.54 Å². The zero-order valence-electron chi connectivity index (χ0n) is 10.1. The average molecular weight is 239 g/mol. The Balaban J connectivity index is 1.67. The minimum Gasteiger partial charge on any atom is -0.354 e. The van der Waals surface area contributed by atoms with E-state index in [1.54, 1.807) is 0 Å². The third kappa shape index (κ3) is 3.91. The fourth-order valence-electron chi connectivity index (χ4n) is 2.52. The first-order valence-electron chi connectivity index (χ1n) is 6.58. The lowest BCUT2D eigenvalue weighted by Crippen LogP contribution is -2.52. The Morgan fingerprint density at radius 1 is 1.06 bits per heavy atom. The second kappa shape index (κ2) is 5.89. The van der Waals surface area contributed by atoms with Crippen LogP contribution in [0.1, 0.15) is 44.9 Å². The molecular formula is C12H21N3O2. The predicted molar refractivity (Wildman–Crippen MR) is 64.6 cm³/mol. The molecule has 0 aromatic heterocycles. The number of piperidine rings is 1. The van der Waals surface area contributed by atoms with Crippen molar-refractivity contribution in [3.05, 3.63) is 0 Å². The van der Waals surface area contributed by atoms with Gasteiger partial charge >= 0.3 is 6.03 Å². The monoisotopic (exact) mass is 239 g/mol. The molecule has 5 heteroatoms. The molecule has 1 saturated carbocycles.